The van der Waals surface area contributed by atoms with Crippen molar-refractivity contribution in [3.05, 3.63) is 12.2 Å². The fourth-order valence-electron chi connectivity index (χ4n) is 1.95. The van der Waals surface area contributed by atoms with E-state index in [-0.39, 0.29) is 23.2 Å². The maximum absolute atomic E-state index is 11.3. The molecule has 0 bridgehead atoms. The van der Waals surface area contributed by atoms with Crippen LogP contribution in [0.5, 0.6) is 0 Å². The van der Waals surface area contributed by atoms with Crippen molar-refractivity contribution in [3.63, 3.8) is 0 Å². The van der Waals surface area contributed by atoms with Crippen LogP contribution in [-0.2, 0) is 14.0 Å². The van der Waals surface area contributed by atoms with Crippen LogP contribution < -0.4 is 5.32 Å². The van der Waals surface area contributed by atoms with Crippen molar-refractivity contribution in [1.82, 2.24) is 5.32 Å². The minimum atomic E-state index is -1.71. The first-order valence-electron chi connectivity index (χ1n) is 7.42. The largest absolute Gasteiger partial charge is 0.463 e. The Labute approximate surface area is 124 Å². The molecule has 0 radical (unpaired) electrons. The lowest BCUT2D eigenvalue weighted by molar-refractivity contribution is -0.137. The molecule has 0 saturated carbocycles. The molecule has 1 fully saturated rings. The van der Waals surface area contributed by atoms with Crippen molar-refractivity contribution >= 4 is 14.3 Å². The van der Waals surface area contributed by atoms with Crippen LogP contribution in [0.25, 0.3) is 0 Å². The molecule has 116 valence electrons. The SMILES string of the molecule is CCOC(=O)/C=C/C1CC(O[Si](C)(C)C(C)(C)C)CN1. The van der Waals surface area contributed by atoms with Crippen LogP contribution >= 0.6 is 0 Å². The van der Waals surface area contributed by atoms with Crippen molar-refractivity contribution in [2.24, 2.45) is 0 Å². The molecule has 0 amide bonds. The molecule has 1 N–H and O–H groups in total. The molecule has 0 aromatic heterocycles. The van der Waals surface area contributed by atoms with Gasteiger partial charge in [0.1, 0.15) is 0 Å². The molecule has 1 aliphatic rings. The number of hydrogen-bond acceptors (Lipinski definition) is 4. The zero-order valence-corrected chi connectivity index (χ0v) is 14.7. The highest BCUT2D eigenvalue weighted by Crippen LogP contribution is 2.38. The van der Waals surface area contributed by atoms with E-state index in [4.69, 9.17) is 9.16 Å². The summed E-state index contributed by atoms with van der Waals surface area (Å²) in [5, 5.41) is 3.61. The molecular weight excluding hydrogens is 270 g/mol. The van der Waals surface area contributed by atoms with Gasteiger partial charge in [-0.2, -0.15) is 0 Å². The lowest BCUT2D eigenvalue weighted by atomic mass is 10.2. The van der Waals surface area contributed by atoms with E-state index >= 15 is 0 Å². The average molecular weight is 299 g/mol. The van der Waals surface area contributed by atoms with Gasteiger partial charge in [0.2, 0.25) is 0 Å². The first-order chi connectivity index (χ1) is 9.15. The fraction of sp³-hybridized carbons (Fsp3) is 0.800. The molecular formula is C15H29NO3Si. The topological polar surface area (TPSA) is 47.6 Å². The maximum Gasteiger partial charge on any atom is 0.330 e. The number of nitrogens with one attached hydrogen (secondary N) is 1. The van der Waals surface area contributed by atoms with Crippen molar-refractivity contribution in [2.45, 2.75) is 64.4 Å². The van der Waals surface area contributed by atoms with Crippen molar-refractivity contribution in [1.29, 1.82) is 0 Å². The molecule has 1 heterocycles. The average Bonchev–Trinajstić information content (AvgIpc) is 2.72. The van der Waals surface area contributed by atoms with Gasteiger partial charge in [0.15, 0.2) is 8.32 Å². The Morgan fingerprint density at radius 2 is 2.05 bits per heavy atom. The fourth-order valence-corrected chi connectivity index (χ4v) is 3.31. The normalized spacial score (nSPS) is 24.3. The highest BCUT2D eigenvalue weighted by Gasteiger charge is 2.40. The summed E-state index contributed by atoms with van der Waals surface area (Å²) in [6.07, 6.45) is 4.55. The number of carbonyl (C=O) groups is 1. The molecule has 1 rings (SSSR count). The van der Waals surface area contributed by atoms with E-state index in [1.54, 1.807) is 0 Å². The summed E-state index contributed by atoms with van der Waals surface area (Å²) < 4.78 is 11.2. The van der Waals surface area contributed by atoms with Gasteiger partial charge in [-0.1, -0.05) is 26.8 Å². The number of ether oxygens (including phenoxy) is 1. The predicted molar refractivity (Wildman–Crippen MR) is 84.3 cm³/mol. The first-order valence-corrected chi connectivity index (χ1v) is 10.3. The van der Waals surface area contributed by atoms with Gasteiger partial charge < -0.3 is 14.5 Å². The van der Waals surface area contributed by atoms with E-state index in [1.165, 1.54) is 6.08 Å². The van der Waals surface area contributed by atoms with Crippen LogP contribution in [0.4, 0.5) is 0 Å². The van der Waals surface area contributed by atoms with E-state index < -0.39 is 8.32 Å². The van der Waals surface area contributed by atoms with Crippen molar-refractivity contribution in [3.8, 4) is 0 Å². The smallest absolute Gasteiger partial charge is 0.330 e. The molecule has 2 atom stereocenters. The second-order valence-corrected chi connectivity index (χ2v) is 11.6. The molecule has 1 saturated heterocycles. The van der Waals surface area contributed by atoms with E-state index in [0.717, 1.165) is 13.0 Å². The van der Waals surface area contributed by atoms with E-state index in [2.05, 4.69) is 39.2 Å². The minimum absolute atomic E-state index is 0.203. The van der Waals surface area contributed by atoms with Crippen LogP contribution in [0.15, 0.2) is 12.2 Å². The molecule has 2 unspecified atom stereocenters. The van der Waals surface area contributed by atoms with E-state index in [1.807, 2.05) is 13.0 Å². The van der Waals surface area contributed by atoms with Crippen LogP contribution in [0, 0.1) is 0 Å². The molecule has 4 nitrogen and oxygen atoms in total. The van der Waals surface area contributed by atoms with Gasteiger partial charge in [-0.05, 0) is 31.5 Å². The third kappa shape index (κ3) is 5.03. The Hall–Kier alpha value is -0.653. The van der Waals surface area contributed by atoms with Crippen molar-refractivity contribution < 1.29 is 14.0 Å². The Morgan fingerprint density at radius 3 is 2.60 bits per heavy atom. The molecule has 5 heteroatoms. The second-order valence-electron chi connectivity index (χ2n) is 6.86. The minimum Gasteiger partial charge on any atom is -0.463 e. The summed E-state index contributed by atoms with van der Waals surface area (Å²) in [5.41, 5.74) is 0. The van der Waals surface area contributed by atoms with Gasteiger partial charge in [0.05, 0.1) is 12.7 Å². The monoisotopic (exact) mass is 299 g/mol. The maximum atomic E-state index is 11.3. The third-order valence-corrected chi connectivity index (χ3v) is 8.68. The Bertz CT molecular complexity index is 361. The second kappa shape index (κ2) is 6.87. The molecule has 0 aliphatic carbocycles. The predicted octanol–water partition coefficient (Wildman–Crippen LogP) is 2.86. The molecule has 0 aromatic carbocycles. The number of hydrogen-bond donors (Lipinski definition) is 1. The Kier molecular flexibility index (Phi) is 5.98. The van der Waals surface area contributed by atoms with Crippen LogP contribution in [0.3, 0.4) is 0 Å². The van der Waals surface area contributed by atoms with Crippen LogP contribution in [0.1, 0.15) is 34.1 Å². The van der Waals surface area contributed by atoms with E-state index in [0.29, 0.717) is 6.61 Å². The summed E-state index contributed by atoms with van der Waals surface area (Å²) in [5.74, 6) is -0.275. The number of esters is 1. The molecule has 1 aliphatic heterocycles. The highest BCUT2D eigenvalue weighted by molar-refractivity contribution is 6.74. The zero-order valence-electron chi connectivity index (χ0n) is 13.7. The highest BCUT2D eigenvalue weighted by atomic mass is 28.4. The molecule has 0 aromatic rings. The summed E-state index contributed by atoms with van der Waals surface area (Å²) in [6, 6.07) is 0.203. The Morgan fingerprint density at radius 1 is 1.40 bits per heavy atom. The summed E-state index contributed by atoms with van der Waals surface area (Å²) in [6.45, 7) is 14.4. The quantitative estimate of drug-likeness (QED) is 0.482. The molecule has 20 heavy (non-hydrogen) atoms. The summed E-state index contributed by atoms with van der Waals surface area (Å²) in [4.78, 5) is 11.3. The molecule has 0 spiro atoms. The number of rotatable bonds is 5. The summed E-state index contributed by atoms with van der Waals surface area (Å²) in [7, 11) is -1.71. The Balaban J connectivity index is 2.46. The van der Waals surface area contributed by atoms with Gasteiger partial charge in [-0.25, -0.2) is 4.79 Å². The lowest BCUT2D eigenvalue weighted by Gasteiger charge is -2.38. The van der Waals surface area contributed by atoms with Gasteiger partial charge in [0, 0.05) is 18.7 Å². The van der Waals surface area contributed by atoms with Gasteiger partial charge in [0.25, 0.3) is 0 Å². The van der Waals surface area contributed by atoms with Gasteiger partial charge in [-0.15, -0.1) is 0 Å². The standard InChI is InChI=1S/C15H29NO3Si/c1-7-18-14(17)9-8-12-10-13(11-16-12)19-20(5,6)15(2,3)4/h8-9,12-13,16H,7,10-11H2,1-6H3/b9-8+. The van der Waals surface area contributed by atoms with Crippen molar-refractivity contribution in [2.75, 3.05) is 13.2 Å². The third-order valence-electron chi connectivity index (χ3n) is 4.14. The van der Waals surface area contributed by atoms with Gasteiger partial charge >= 0.3 is 5.97 Å². The first kappa shape index (κ1) is 17.4. The zero-order chi connectivity index (χ0) is 15.4. The van der Waals surface area contributed by atoms with Gasteiger partial charge in [-0.3, -0.25) is 0 Å². The van der Waals surface area contributed by atoms with Crippen LogP contribution in [-0.4, -0.2) is 39.6 Å². The van der Waals surface area contributed by atoms with Crippen LogP contribution in [0.2, 0.25) is 18.1 Å². The van der Waals surface area contributed by atoms with E-state index in [9.17, 15) is 4.79 Å². The lowest BCUT2D eigenvalue weighted by Crippen LogP contribution is -2.44. The number of carbonyl (C=O) groups excluding carboxylic acids is 1. The summed E-state index contributed by atoms with van der Waals surface area (Å²) >= 11 is 0.